The van der Waals surface area contributed by atoms with E-state index >= 15 is 0 Å². The molecule has 0 atom stereocenters. The van der Waals surface area contributed by atoms with Crippen molar-refractivity contribution in [2.45, 2.75) is 46.5 Å². The highest BCUT2D eigenvalue weighted by Gasteiger charge is 2.16. The number of rotatable bonds is 9. The zero-order valence-electron chi connectivity index (χ0n) is 15.1. The summed E-state index contributed by atoms with van der Waals surface area (Å²) >= 11 is 0. The van der Waals surface area contributed by atoms with E-state index in [-0.39, 0.29) is 5.41 Å². The molecule has 3 N–H and O–H groups in total. The fourth-order valence-corrected chi connectivity index (χ4v) is 2.33. The Morgan fingerprint density at radius 2 is 1.87 bits per heavy atom. The van der Waals surface area contributed by atoms with E-state index < -0.39 is 0 Å². The standard InChI is InChI=1S/C18H31N3O2/c1-6-7-8-11-18(2,3)13-20-17(19)21-14-9-10-15(22-4)16(12-14)23-5/h9-10,12H,6-8,11,13H2,1-5H3,(H3,19,20,21). The van der Waals surface area contributed by atoms with Gasteiger partial charge in [0.15, 0.2) is 17.5 Å². The van der Waals surface area contributed by atoms with Crippen molar-refractivity contribution in [3.8, 4) is 11.5 Å². The van der Waals surface area contributed by atoms with Crippen LogP contribution in [0.1, 0.15) is 46.5 Å². The monoisotopic (exact) mass is 321 g/mol. The summed E-state index contributed by atoms with van der Waals surface area (Å²) in [6.07, 6.45) is 4.91. The van der Waals surface area contributed by atoms with Crippen molar-refractivity contribution < 1.29 is 9.47 Å². The number of methoxy groups -OCH3 is 2. The molecule has 0 spiro atoms. The molecule has 0 bridgehead atoms. The molecule has 1 aromatic rings. The molecule has 1 aromatic carbocycles. The van der Waals surface area contributed by atoms with Gasteiger partial charge in [0.25, 0.3) is 0 Å². The normalized spacial score (nSPS) is 12.1. The molecule has 1 rings (SSSR count). The van der Waals surface area contributed by atoms with Gasteiger partial charge in [-0.25, -0.2) is 0 Å². The van der Waals surface area contributed by atoms with Crippen LogP contribution in [0, 0.1) is 5.41 Å². The van der Waals surface area contributed by atoms with Gasteiger partial charge in [-0.1, -0.05) is 40.0 Å². The van der Waals surface area contributed by atoms with Crippen LogP contribution in [0.4, 0.5) is 5.69 Å². The third-order valence-corrected chi connectivity index (χ3v) is 3.79. The lowest BCUT2D eigenvalue weighted by molar-refractivity contribution is 0.333. The highest BCUT2D eigenvalue weighted by Crippen LogP contribution is 2.29. The molecule has 23 heavy (non-hydrogen) atoms. The van der Waals surface area contributed by atoms with Crippen LogP contribution in [0.2, 0.25) is 0 Å². The average Bonchev–Trinajstić information content (AvgIpc) is 2.53. The molecule has 0 aliphatic carbocycles. The number of ether oxygens (including phenoxy) is 2. The van der Waals surface area contributed by atoms with E-state index in [1.165, 1.54) is 19.3 Å². The summed E-state index contributed by atoms with van der Waals surface area (Å²) in [6.45, 7) is 7.39. The SMILES string of the molecule is CCCCCC(C)(C)CN=C(N)Nc1ccc(OC)c(OC)c1. The fraction of sp³-hybridized carbons (Fsp3) is 0.611. The second-order valence-electron chi connectivity index (χ2n) is 6.52. The molecule has 0 heterocycles. The Labute approximate surface area is 140 Å². The Morgan fingerprint density at radius 1 is 1.17 bits per heavy atom. The van der Waals surface area contributed by atoms with Gasteiger partial charge in [-0.15, -0.1) is 0 Å². The molecule has 130 valence electrons. The van der Waals surface area contributed by atoms with E-state index in [0.717, 1.165) is 12.1 Å². The highest BCUT2D eigenvalue weighted by atomic mass is 16.5. The van der Waals surface area contributed by atoms with Crippen molar-refractivity contribution in [2.24, 2.45) is 16.1 Å². The van der Waals surface area contributed by atoms with E-state index in [2.05, 4.69) is 31.1 Å². The summed E-state index contributed by atoms with van der Waals surface area (Å²) in [5.41, 5.74) is 6.99. The molecule has 0 radical (unpaired) electrons. The number of nitrogens with zero attached hydrogens (tertiary/aromatic N) is 1. The number of benzene rings is 1. The summed E-state index contributed by atoms with van der Waals surface area (Å²) in [5, 5.41) is 3.10. The van der Waals surface area contributed by atoms with Crippen molar-refractivity contribution in [2.75, 3.05) is 26.1 Å². The van der Waals surface area contributed by atoms with Crippen molar-refractivity contribution >= 4 is 11.6 Å². The maximum absolute atomic E-state index is 6.00. The average molecular weight is 321 g/mol. The molecule has 0 fully saturated rings. The predicted molar refractivity (Wildman–Crippen MR) is 97.6 cm³/mol. The van der Waals surface area contributed by atoms with Gasteiger partial charge in [0.2, 0.25) is 0 Å². The molecule has 0 unspecified atom stereocenters. The van der Waals surface area contributed by atoms with Gasteiger partial charge < -0.3 is 20.5 Å². The van der Waals surface area contributed by atoms with E-state index in [4.69, 9.17) is 15.2 Å². The lowest BCUT2D eigenvalue weighted by Crippen LogP contribution is -2.25. The van der Waals surface area contributed by atoms with Gasteiger partial charge in [0, 0.05) is 18.3 Å². The first-order chi connectivity index (χ1) is 10.9. The number of anilines is 1. The van der Waals surface area contributed by atoms with Crippen LogP contribution in [0.15, 0.2) is 23.2 Å². The fourth-order valence-electron chi connectivity index (χ4n) is 2.33. The lowest BCUT2D eigenvalue weighted by Gasteiger charge is -2.22. The van der Waals surface area contributed by atoms with Gasteiger partial charge in [-0.05, 0) is 24.0 Å². The number of nitrogens with two attached hydrogens (primary N) is 1. The predicted octanol–water partition coefficient (Wildman–Crippen LogP) is 4.04. The van der Waals surface area contributed by atoms with Gasteiger partial charge in [0.1, 0.15) is 0 Å². The molecular weight excluding hydrogens is 290 g/mol. The maximum atomic E-state index is 6.00. The van der Waals surface area contributed by atoms with Crippen molar-refractivity contribution in [1.29, 1.82) is 0 Å². The Morgan fingerprint density at radius 3 is 2.48 bits per heavy atom. The number of unbranched alkanes of at least 4 members (excludes halogenated alkanes) is 2. The molecule has 0 amide bonds. The summed E-state index contributed by atoms with van der Waals surface area (Å²) in [6, 6.07) is 5.56. The van der Waals surface area contributed by atoms with Crippen LogP contribution in [0.5, 0.6) is 11.5 Å². The van der Waals surface area contributed by atoms with E-state index in [1.807, 2.05) is 18.2 Å². The first-order valence-electron chi connectivity index (χ1n) is 8.21. The molecule has 5 nitrogen and oxygen atoms in total. The van der Waals surface area contributed by atoms with Crippen molar-refractivity contribution in [1.82, 2.24) is 0 Å². The Bertz CT molecular complexity index is 513. The highest BCUT2D eigenvalue weighted by molar-refractivity contribution is 5.92. The van der Waals surface area contributed by atoms with Gasteiger partial charge in [-0.2, -0.15) is 0 Å². The van der Waals surface area contributed by atoms with E-state index in [9.17, 15) is 0 Å². The van der Waals surface area contributed by atoms with Crippen molar-refractivity contribution in [3.05, 3.63) is 18.2 Å². The van der Waals surface area contributed by atoms with Gasteiger partial charge in [0.05, 0.1) is 14.2 Å². The number of nitrogens with one attached hydrogen (secondary N) is 1. The molecule has 0 aliphatic rings. The summed E-state index contributed by atoms with van der Waals surface area (Å²) in [4.78, 5) is 4.48. The lowest BCUT2D eigenvalue weighted by atomic mass is 9.87. The summed E-state index contributed by atoms with van der Waals surface area (Å²) in [7, 11) is 3.22. The van der Waals surface area contributed by atoms with Gasteiger partial charge >= 0.3 is 0 Å². The zero-order valence-corrected chi connectivity index (χ0v) is 15.1. The number of hydrogen-bond acceptors (Lipinski definition) is 3. The van der Waals surface area contributed by atoms with Crippen LogP contribution in [0.3, 0.4) is 0 Å². The first-order valence-corrected chi connectivity index (χ1v) is 8.21. The van der Waals surface area contributed by atoms with Crippen LogP contribution in [-0.4, -0.2) is 26.7 Å². The molecule has 0 saturated carbocycles. The number of hydrogen-bond donors (Lipinski definition) is 2. The van der Waals surface area contributed by atoms with E-state index in [1.54, 1.807) is 14.2 Å². The minimum atomic E-state index is 0.166. The van der Waals surface area contributed by atoms with Crippen LogP contribution >= 0.6 is 0 Å². The number of guanidine groups is 1. The largest absolute Gasteiger partial charge is 0.493 e. The van der Waals surface area contributed by atoms with Gasteiger partial charge in [-0.3, -0.25) is 4.99 Å². The molecule has 5 heteroatoms. The Kier molecular flexibility index (Phi) is 7.72. The maximum Gasteiger partial charge on any atom is 0.193 e. The Balaban J connectivity index is 2.62. The van der Waals surface area contributed by atoms with Crippen molar-refractivity contribution in [3.63, 3.8) is 0 Å². The van der Waals surface area contributed by atoms with Crippen LogP contribution in [0.25, 0.3) is 0 Å². The Hall–Kier alpha value is -1.91. The number of aliphatic imine (C=N–C) groups is 1. The van der Waals surface area contributed by atoms with Crippen LogP contribution < -0.4 is 20.5 Å². The zero-order chi connectivity index (χ0) is 17.3. The quantitative estimate of drug-likeness (QED) is 0.409. The second-order valence-corrected chi connectivity index (χ2v) is 6.52. The molecular formula is C18H31N3O2. The summed E-state index contributed by atoms with van der Waals surface area (Å²) < 4.78 is 10.5. The smallest absolute Gasteiger partial charge is 0.193 e. The summed E-state index contributed by atoms with van der Waals surface area (Å²) in [5.74, 6) is 1.76. The van der Waals surface area contributed by atoms with Crippen LogP contribution in [-0.2, 0) is 0 Å². The third-order valence-electron chi connectivity index (χ3n) is 3.79. The molecule has 0 saturated heterocycles. The topological polar surface area (TPSA) is 68.9 Å². The van der Waals surface area contributed by atoms with E-state index in [0.29, 0.717) is 24.0 Å². The molecule has 0 aliphatic heterocycles. The second kappa shape index (κ2) is 9.28. The minimum Gasteiger partial charge on any atom is -0.493 e. The minimum absolute atomic E-state index is 0.166. The molecule has 0 aromatic heterocycles. The first kappa shape index (κ1) is 19.1. The third kappa shape index (κ3) is 6.80.